The topological polar surface area (TPSA) is 101 Å². The normalized spacial score (nSPS) is 26.2. The first kappa shape index (κ1) is 25.5. The molecule has 0 bridgehead atoms. The molecule has 2 aromatic rings. The van der Waals surface area contributed by atoms with Crippen LogP contribution in [0.1, 0.15) is 31.2 Å². The number of halogens is 1. The number of imide groups is 1. The number of nitrogens with zero attached hydrogens (tertiary/aromatic N) is 1. The molecule has 0 aromatic heterocycles. The quantitative estimate of drug-likeness (QED) is 0.342. The van der Waals surface area contributed by atoms with E-state index in [4.69, 9.17) is 21.4 Å². The van der Waals surface area contributed by atoms with E-state index in [0.717, 1.165) is 11.1 Å². The largest absolute Gasteiger partial charge is 0.491 e. The summed E-state index contributed by atoms with van der Waals surface area (Å²) in [6.45, 7) is 1.69. The summed E-state index contributed by atoms with van der Waals surface area (Å²) >= 11 is 6.03. The van der Waals surface area contributed by atoms with Crippen molar-refractivity contribution < 1.29 is 29.0 Å². The van der Waals surface area contributed by atoms with Crippen LogP contribution in [0.5, 0.6) is 5.75 Å². The highest BCUT2D eigenvalue weighted by atomic mass is 35.5. The lowest BCUT2D eigenvalue weighted by molar-refractivity contribution is -0.123. The fraction of sp³-hybridized carbons (Fsp3) is 0.290. The third-order valence-electron chi connectivity index (χ3n) is 8.22. The number of hydrogen-bond donors (Lipinski definition) is 1. The molecular weight excluding hydrogens is 518 g/mol. The molecule has 39 heavy (non-hydrogen) atoms. The van der Waals surface area contributed by atoms with E-state index in [9.17, 15) is 19.2 Å². The van der Waals surface area contributed by atoms with Gasteiger partial charge in [0.1, 0.15) is 12.4 Å². The van der Waals surface area contributed by atoms with Gasteiger partial charge in [-0.1, -0.05) is 35.4 Å². The number of amides is 2. The Labute approximate surface area is 230 Å². The first-order valence-corrected chi connectivity index (χ1v) is 13.3. The van der Waals surface area contributed by atoms with Crippen molar-refractivity contribution in [2.24, 2.45) is 17.8 Å². The van der Waals surface area contributed by atoms with E-state index >= 15 is 0 Å². The van der Waals surface area contributed by atoms with Crippen molar-refractivity contribution in [1.29, 1.82) is 0 Å². The molecule has 0 saturated carbocycles. The Bertz CT molecular complexity index is 1500. The van der Waals surface area contributed by atoms with Gasteiger partial charge in [-0.3, -0.25) is 24.1 Å². The highest BCUT2D eigenvalue weighted by Crippen LogP contribution is 2.55. The van der Waals surface area contributed by atoms with E-state index in [1.165, 1.54) is 11.0 Å². The number of Topliss-reactive ketones (excluding diaryl/α,β-unsaturated/α-hetero) is 1. The summed E-state index contributed by atoms with van der Waals surface area (Å²) in [5, 5.41) is 9.57. The summed E-state index contributed by atoms with van der Waals surface area (Å²) in [5.41, 5.74) is 3.43. The van der Waals surface area contributed by atoms with Crippen molar-refractivity contribution in [3.63, 3.8) is 0 Å². The second kappa shape index (κ2) is 9.74. The van der Waals surface area contributed by atoms with E-state index in [0.29, 0.717) is 39.6 Å². The van der Waals surface area contributed by atoms with Gasteiger partial charge >= 0.3 is 0 Å². The molecule has 3 aliphatic carbocycles. The Morgan fingerprint density at radius 2 is 1.69 bits per heavy atom. The molecule has 1 heterocycles. The Hall–Kier alpha value is -3.81. The molecule has 1 aliphatic heterocycles. The number of anilines is 1. The number of hydrogen-bond acceptors (Lipinski definition) is 6. The van der Waals surface area contributed by atoms with Crippen LogP contribution in [0, 0.1) is 17.8 Å². The Morgan fingerprint density at radius 1 is 0.974 bits per heavy atom. The SMILES string of the molecule is CC1=CC(=O)C2=C(C1=O)C(c1ccc(OCCO)cc1)C1=CCC3C(=O)N(c4ccc(Cl)cc4)C(=O)C3C1C2. The number of aliphatic hydroxyl groups is 1. The number of carbonyl (C=O) groups is 4. The summed E-state index contributed by atoms with van der Waals surface area (Å²) in [4.78, 5) is 55.3. The molecule has 4 aliphatic rings. The van der Waals surface area contributed by atoms with Crippen molar-refractivity contribution >= 4 is 40.7 Å². The number of fused-ring (bicyclic) bond motifs is 3. The molecule has 0 spiro atoms. The van der Waals surface area contributed by atoms with Crippen LogP contribution in [0.15, 0.2) is 83.0 Å². The second-order valence-electron chi connectivity index (χ2n) is 10.4. The third-order valence-corrected chi connectivity index (χ3v) is 8.47. The van der Waals surface area contributed by atoms with E-state index in [-0.39, 0.29) is 43.0 Å². The zero-order valence-electron chi connectivity index (χ0n) is 21.2. The molecule has 2 aromatic carbocycles. The van der Waals surface area contributed by atoms with Crippen molar-refractivity contribution in [2.75, 3.05) is 18.1 Å². The van der Waals surface area contributed by atoms with E-state index in [1.54, 1.807) is 43.3 Å². The fourth-order valence-corrected chi connectivity index (χ4v) is 6.63. The highest BCUT2D eigenvalue weighted by molar-refractivity contribution is 6.31. The summed E-state index contributed by atoms with van der Waals surface area (Å²) < 4.78 is 5.51. The summed E-state index contributed by atoms with van der Waals surface area (Å²) in [5.74, 6) is -2.45. The monoisotopic (exact) mass is 543 g/mol. The van der Waals surface area contributed by atoms with Gasteiger partial charge in [0.05, 0.1) is 24.1 Å². The second-order valence-corrected chi connectivity index (χ2v) is 10.8. The highest BCUT2D eigenvalue weighted by Gasteiger charge is 2.56. The predicted octanol–water partition coefficient (Wildman–Crippen LogP) is 4.35. The lowest BCUT2D eigenvalue weighted by Gasteiger charge is -2.42. The van der Waals surface area contributed by atoms with Crippen LogP contribution >= 0.6 is 11.6 Å². The molecule has 2 amide bonds. The van der Waals surface area contributed by atoms with Gasteiger partial charge < -0.3 is 9.84 Å². The minimum atomic E-state index is -0.633. The van der Waals surface area contributed by atoms with Gasteiger partial charge in [-0.2, -0.15) is 0 Å². The maximum Gasteiger partial charge on any atom is 0.238 e. The molecule has 4 atom stereocenters. The van der Waals surface area contributed by atoms with Crippen molar-refractivity contribution in [3.05, 3.63) is 93.6 Å². The van der Waals surface area contributed by atoms with Crippen LogP contribution in [-0.4, -0.2) is 41.7 Å². The number of ketones is 2. The summed E-state index contributed by atoms with van der Waals surface area (Å²) in [6.07, 6.45) is 3.98. The molecule has 1 fully saturated rings. The number of rotatable bonds is 5. The first-order chi connectivity index (χ1) is 18.8. The minimum Gasteiger partial charge on any atom is -0.491 e. The van der Waals surface area contributed by atoms with Gasteiger partial charge in [-0.15, -0.1) is 0 Å². The average Bonchev–Trinajstić information content (AvgIpc) is 3.20. The van der Waals surface area contributed by atoms with E-state index < -0.39 is 23.7 Å². The molecule has 7 nitrogen and oxygen atoms in total. The van der Waals surface area contributed by atoms with E-state index in [2.05, 4.69) is 0 Å². The van der Waals surface area contributed by atoms with E-state index in [1.807, 2.05) is 18.2 Å². The molecule has 1 N–H and O–H groups in total. The maximum absolute atomic E-state index is 13.9. The van der Waals surface area contributed by atoms with Crippen LogP contribution in [0.2, 0.25) is 5.02 Å². The summed E-state index contributed by atoms with van der Waals surface area (Å²) in [6, 6.07) is 13.8. The Kier molecular flexibility index (Phi) is 6.36. The molecular formula is C31H26ClNO6. The van der Waals surface area contributed by atoms with Gasteiger partial charge in [0.2, 0.25) is 11.8 Å². The average molecular weight is 544 g/mol. The number of allylic oxidation sites excluding steroid dienone is 6. The zero-order chi connectivity index (χ0) is 27.4. The Morgan fingerprint density at radius 3 is 2.38 bits per heavy atom. The molecule has 6 rings (SSSR count). The van der Waals surface area contributed by atoms with Crippen molar-refractivity contribution in [3.8, 4) is 5.75 Å². The predicted molar refractivity (Wildman–Crippen MR) is 144 cm³/mol. The van der Waals surface area contributed by atoms with Crippen LogP contribution in [0.25, 0.3) is 0 Å². The molecule has 8 heteroatoms. The van der Waals surface area contributed by atoms with Gasteiger partial charge in [-0.05, 0) is 73.7 Å². The summed E-state index contributed by atoms with van der Waals surface area (Å²) in [7, 11) is 0. The molecule has 4 unspecified atom stereocenters. The van der Waals surface area contributed by atoms with Gasteiger partial charge in [-0.25, -0.2) is 0 Å². The van der Waals surface area contributed by atoms with Gasteiger partial charge in [0.25, 0.3) is 0 Å². The number of aliphatic hydroxyl groups excluding tert-OH is 1. The fourth-order valence-electron chi connectivity index (χ4n) is 6.51. The number of ether oxygens (including phenoxy) is 1. The number of benzene rings is 2. The number of carbonyl (C=O) groups excluding carboxylic acids is 4. The molecule has 1 saturated heterocycles. The van der Waals surface area contributed by atoms with Crippen LogP contribution in [-0.2, 0) is 19.2 Å². The van der Waals surface area contributed by atoms with Crippen LogP contribution in [0.4, 0.5) is 5.69 Å². The molecule has 198 valence electrons. The Balaban J connectivity index is 1.43. The van der Waals surface area contributed by atoms with Crippen LogP contribution in [0.3, 0.4) is 0 Å². The van der Waals surface area contributed by atoms with Crippen LogP contribution < -0.4 is 9.64 Å². The molecule has 0 radical (unpaired) electrons. The van der Waals surface area contributed by atoms with Crippen molar-refractivity contribution in [1.82, 2.24) is 0 Å². The van der Waals surface area contributed by atoms with Crippen molar-refractivity contribution in [2.45, 2.75) is 25.7 Å². The lowest BCUT2D eigenvalue weighted by Crippen LogP contribution is -2.39. The zero-order valence-corrected chi connectivity index (χ0v) is 22.0. The van der Waals surface area contributed by atoms with Gasteiger partial charge in [0, 0.05) is 27.7 Å². The standard InChI is InChI=1S/C31H26ClNO6/c1-16-14-25(35)24-15-23-21(26(28(24)29(16)36)17-2-8-20(9-3-17)39-13-12-34)10-11-22-27(23)31(38)33(30(22)37)19-6-4-18(32)5-7-19/h2-10,14,22-23,26-27,34H,11-13,15H2,1H3. The third kappa shape index (κ3) is 4.08. The first-order valence-electron chi connectivity index (χ1n) is 13.0. The smallest absolute Gasteiger partial charge is 0.238 e. The maximum atomic E-state index is 13.9. The lowest BCUT2D eigenvalue weighted by atomic mass is 9.59. The minimum absolute atomic E-state index is 0.111. The van der Waals surface area contributed by atoms with Gasteiger partial charge in [0.15, 0.2) is 11.6 Å².